The maximum absolute atomic E-state index is 13.5. The summed E-state index contributed by atoms with van der Waals surface area (Å²) in [4.78, 5) is 38.4. The fourth-order valence-corrected chi connectivity index (χ4v) is 4.76. The Morgan fingerprint density at radius 1 is 1.00 bits per heavy atom. The van der Waals surface area contributed by atoms with Crippen molar-refractivity contribution >= 4 is 40.5 Å². The SMILES string of the molecule is COC(=O)c1ccc(/C=c2/s/c(=C(/C#N)C(=O)Nc3ccc(C)c(C)c3)n(-c3ccccc3)c2=O)cc1. The summed E-state index contributed by atoms with van der Waals surface area (Å²) in [6.45, 7) is 3.91. The van der Waals surface area contributed by atoms with Crippen molar-refractivity contribution in [2.24, 2.45) is 0 Å². The van der Waals surface area contributed by atoms with Crippen molar-refractivity contribution in [1.82, 2.24) is 4.57 Å². The molecule has 8 heteroatoms. The Morgan fingerprint density at radius 2 is 1.70 bits per heavy atom. The van der Waals surface area contributed by atoms with Crippen molar-refractivity contribution in [3.63, 3.8) is 0 Å². The maximum Gasteiger partial charge on any atom is 0.337 e. The van der Waals surface area contributed by atoms with Crippen LogP contribution in [-0.4, -0.2) is 23.6 Å². The van der Waals surface area contributed by atoms with Crippen LogP contribution < -0.4 is 20.1 Å². The molecule has 4 rings (SSSR count). The molecule has 0 radical (unpaired) electrons. The number of amides is 1. The topological polar surface area (TPSA) is 101 Å². The molecule has 0 saturated carbocycles. The Bertz CT molecular complexity index is 1710. The van der Waals surface area contributed by atoms with Gasteiger partial charge in [-0.2, -0.15) is 5.26 Å². The van der Waals surface area contributed by atoms with E-state index in [4.69, 9.17) is 4.74 Å². The highest BCUT2D eigenvalue weighted by Crippen LogP contribution is 2.15. The molecule has 0 bridgehead atoms. The first-order valence-electron chi connectivity index (χ1n) is 11.3. The number of rotatable bonds is 5. The minimum absolute atomic E-state index is 0.176. The van der Waals surface area contributed by atoms with E-state index < -0.39 is 11.9 Å². The second-order valence-corrected chi connectivity index (χ2v) is 9.28. The predicted molar refractivity (Wildman–Crippen MR) is 144 cm³/mol. The summed E-state index contributed by atoms with van der Waals surface area (Å²) in [5.74, 6) is -1.06. The Morgan fingerprint density at radius 3 is 2.32 bits per heavy atom. The molecule has 0 atom stereocenters. The molecule has 0 aliphatic carbocycles. The summed E-state index contributed by atoms with van der Waals surface area (Å²) < 4.78 is 6.65. The highest BCUT2D eigenvalue weighted by atomic mass is 32.1. The van der Waals surface area contributed by atoms with E-state index in [0.717, 1.165) is 22.5 Å². The number of thiazole rings is 1. The summed E-state index contributed by atoms with van der Waals surface area (Å²) in [7, 11) is 1.31. The van der Waals surface area contributed by atoms with Crippen molar-refractivity contribution in [3.8, 4) is 11.8 Å². The van der Waals surface area contributed by atoms with Gasteiger partial charge in [-0.15, -0.1) is 11.3 Å². The van der Waals surface area contributed by atoms with Crippen molar-refractivity contribution < 1.29 is 14.3 Å². The predicted octanol–water partition coefficient (Wildman–Crippen LogP) is 3.44. The van der Waals surface area contributed by atoms with E-state index in [1.54, 1.807) is 60.7 Å². The van der Waals surface area contributed by atoms with E-state index in [9.17, 15) is 19.6 Å². The van der Waals surface area contributed by atoms with Crippen LogP contribution >= 0.6 is 11.3 Å². The Hall–Kier alpha value is -4.74. The third kappa shape index (κ3) is 5.42. The second-order valence-electron chi connectivity index (χ2n) is 8.25. The minimum atomic E-state index is -0.606. The normalized spacial score (nSPS) is 12.0. The van der Waals surface area contributed by atoms with E-state index >= 15 is 0 Å². The first-order chi connectivity index (χ1) is 17.8. The van der Waals surface area contributed by atoms with Crippen molar-refractivity contribution in [2.75, 3.05) is 12.4 Å². The summed E-state index contributed by atoms with van der Waals surface area (Å²) >= 11 is 1.05. The number of nitriles is 1. The Kier molecular flexibility index (Phi) is 7.47. The molecule has 1 amide bonds. The number of carbonyl (C=O) groups excluding carboxylic acids is 2. The number of esters is 1. The third-order valence-corrected chi connectivity index (χ3v) is 6.88. The molecule has 0 aliphatic heterocycles. The van der Waals surface area contributed by atoms with Gasteiger partial charge in [0, 0.05) is 5.69 Å². The summed E-state index contributed by atoms with van der Waals surface area (Å²) in [5, 5.41) is 12.8. The van der Waals surface area contributed by atoms with Gasteiger partial charge in [0.25, 0.3) is 11.5 Å². The van der Waals surface area contributed by atoms with E-state index in [0.29, 0.717) is 27.0 Å². The number of ether oxygens (including phenoxy) is 1. The van der Waals surface area contributed by atoms with Crippen LogP contribution in [0.15, 0.2) is 77.6 Å². The molecule has 3 aromatic carbocycles. The smallest absolute Gasteiger partial charge is 0.337 e. The number of benzene rings is 3. The number of hydrogen-bond donors (Lipinski definition) is 1. The lowest BCUT2D eigenvalue weighted by molar-refractivity contribution is -0.111. The summed E-state index contributed by atoms with van der Waals surface area (Å²) in [5.41, 5.74) is 3.70. The number of hydrogen-bond acceptors (Lipinski definition) is 6. The molecule has 0 unspecified atom stereocenters. The van der Waals surface area contributed by atoms with Gasteiger partial charge in [-0.25, -0.2) is 4.79 Å². The van der Waals surface area contributed by atoms with Gasteiger partial charge >= 0.3 is 5.97 Å². The zero-order chi connectivity index (χ0) is 26.5. The standard InChI is InChI=1S/C29H23N3O4S/c1-18-9-14-22(15-19(18)2)31-26(33)24(17-30)28-32(23-7-5-4-6-8-23)27(34)25(37-28)16-20-10-12-21(13-11-20)29(35)36-3/h4-16H,1-3H3,(H,31,33)/b25-16+,28-24-. The minimum Gasteiger partial charge on any atom is -0.465 e. The quantitative estimate of drug-likeness (QED) is 0.416. The zero-order valence-electron chi connectivity index (χ0n) is 20.4. The highest BCUT2D eigenvalue weighted by molar-refractivity contribution is 7.07. The van der Waals surface area contributed by atoms with Crippen LogP contribution in [0, 0.1) is 25.2 Å². The maximum atomic E-state index is 13.5. The second kappa shape index (κ2) is 10.9. The number of aromatic nitrogens is 1. The van der Waals surface area contributed by atoms with E-state index in [1.165, 1.54) is 11.7 Å². The van der Waals surface area contributed by atoms with Gasteiger partial charge in [0.2, 0.25) is 0 Å². The van der Waals surface area contributed by atoms with Gasteiger partial charge in [-0.3, -0.25) is 14.2 Å². The molecule has 0 saturated heterocycles. The molecule has 1 N–H and O–H groups in total. The first-order valence-corrected chi connectivity index (χ1v) is 12.1. The van der Waals surface area contributed by atoms with Crippen LogP contribution in [0.25, 0.3) is 17.3 Å². The largest absolute Gasteiger partial charge is 0.465 e. The van der Waals surface area contributed by atoms with E-state index in [2.05, 4.69) is 5.32 Å². The fraction of sp³-hybridized carbons (Fsp3) is 0.103. The zero-order valence-corrected chi connectivity index (χ0v) is 21.3. The monoisotopic (exact) mass is 509 g/mol. The van der Waals surface area contributed by atoms with Crippen molar-refractivity contribution in [2.45, 2.75) is 13.8 Å². The molecular formula is C29H23N3O4S. The molecule has 0 spiro atoms. The van der Waals surface area contributed by atoms with Crippen LogP contribution in [-0.2, 0) is 9.53 Å². The van der Waals surface area contributed by atoms with E-state index in [-0.39, 0.29) is 15.8 Å². The molecule has 184 valence electrons. The van der Waals surface area contributed by atoms with Crippen LogP contribution in [0.5, 0.6) is 0 Å². The Labute approximate surface area is 217 Å². The van der Waals surface area contributed by atoms with Crippen LogP contribution in [0.3, 0.4) is 0 Å². The molecular weight excluding hydrogens is 486 g/mol. The Balaban J connectivity index is 1.89. The van der Waals surface area contributed by atoms with Gasteiger partial charge in [0.05, 0.1) is 22.9 Å². The third-order valence-electron chi connectivity index (χ3n) is 5.79. The van der Waals surface area contributed by atoms with Gasteiger partial charge in [-0.05, 0) is 73.0 Å². The molecule has 1 heterocycles. The number of aryl methyl sites for hydroxylation is 2. The summed E-state index contributed by atoms with van der Waals surface area (Å²) in [6.07, 6.45) is 1.66. The van der Waals surface area contributed by atoms with Gasteiger partial charge in [-0.1, -0.05) is 36.4 Å². The van der Waals surface area contributed by atoms with Crippen LogP contribution in [0.1, 0.15) is 27.0 Å². The molecule has 1 aromatic heterocycles. The number of carbonyl (C=O) groups is 2. The molecule has 0 aliphatic rings. The van der Waals surface area contributed by atoms with Crippen molar-refractivity contribution in [3.05, 3.63) is 115 Å². The van der Waals surface area contributed by atoms with Gasteiger partial charge in [0.1, 0.15) is 10.7 Å². The van der Waals surface area contributed by atoms with E-state index in [1.807, 2.05) is 38.1 Å². The molecule has 37 heavy (non-hydrogen) atoms. The first kappa shape index (κ1) is 25.4. The molecule has 4 aromatic rings. The number of anilines is 1. The highest BCUT2D eigenvalue weighted by Gasteiger charge is 2.17. The lowest BCUT2D eigenvalue weighted by atomic mass is 10.1. The van der Waals surface area contributed by atoms with Crippen LogP contribution in [0.2, 0.25) is 0 Å². The number of methoxy groups -OCH3 is 1. The molecule has 7 nitrogen and oxygen atoms in total. The number of nitrogens with zero attached hydrogens (tertiary/aromatic N) is 2. The number of para-hydroxylation sites is 1. The molecule has 0 fully saturated rings. The number of nitrogens with one attached hydrogen (secondary N) is 1. The fourth-order valence-electron chi connectivity index (χ4n) is 3.65. The van der Waals surface area contributed by atoms with Crippen LogP contribution in [0.4, 0.5) is 5.69 Å². The van der Waals surface area contributed by atoms with Gasteiger partial charge < -0.3 is 10.1 Å². The lowest BCUT2D eigenvalue weighted by Gasteiger charge is -2.07. The average molecular weight is 510 g/mol. The summed E-state index contributed by atoms with van der Waals surface area (Å²) in [6, 6.07) is 22.9. The average Bonchev–Trinajstić information content (AvgIpc) is 3.22. The van der Waals surface area contributed by atoms with Gasteiger partial charge in [0.15, 0.2) is 5.57 Å². The lowest BCUT2D eigenvalue weighted by Crippen LogP contribution is -2.32. The van der Waals surface area contributed by atoms with Crippen molar-refractivity contribution in [1.29, 1.82) is 5.26 Å².